The molecule has 16 heavy (non-hydrogen) atoms. The van der Waals surface area contributed by atoms with Crippen molar-refractivity contribution in [1.82, 2.24) is 0 Å². The van der Waals surface area contributed by atoms with Crippen molar-refractivity contribution in [2.24, 2.45) is 0 Å². The van der Waals surface area contributed by atoms with E-state index >= 15 is 0 Å². The molecule has 2 heteroatoms. The summed E-state index contributed by atoms with van der Waals surface area (Å²) in [6.07, 6.45) is 2.90. The lowest BCUT2D eigenvalue weighted by molar-refractivity contribution is 0.796. The molecule has 0 fully saturated rings. The summed E-state index contributed by atoms with van der Waals surface area (Å²) in [7, 11) is 0. The van der Waals surface area contributed by atoms with E-state index in [2.05, 4.69) is 43.0 Å². The van der Waals surface area contributed by atoms with Crippen LogP contribution < -0.4 is 4.90 Å². The Morgan fingerprint density at radius 3 is 2.44 bits per heavy atom. The number of nitrogens with zero attached hydrogens (tertiary/aromatic N) is 2. The van der Waals surface area contributed by atoms with E-state index < -0.39 is 0 Å². The van der Waals surface area contributed by atoms with Gasteiger partial charge in [-0.15, -0.1) is 0 Å². The van der Waals surface area contributed by atoms with Gasteiger partial charge in [-0.1, -0.05) is 24.3 Å². The number of benzene rings is 1. The van der Waals surface area contributed by atoms with E-state index in [-0.39, 0.29) is 0 Å². The van der Waals surface area contributed by atoms with Gasteiger partial charge in [-0.3, -0.25) is 0 Å². The van der Waals surface area contributed by atoms with Crippen molar-refractivity contribution < 1.29 is 0 Å². The Bertz CT molecular complexity index is 446. The molecule has 0 bridgehead atoms. The third-order valence-corrected chi connectivity index (χ3v) is 3.11. The molecule has 0 aliphatic carbocycles. The zero-order valence-electron chi connectivity index (χ0n) is 9.83. The van der Waals surface area contributed by atoms with Gasteiger partial charge in [0.15, 0.2) is 0 Å². The average Bonchev–Trinajstić information content (AvgIpc) is 2.30. The van der Waals surface area contributed by atoms with E-state index in [4.69, 9.17) is 5.26 Å². The average molecular weight is 212 g/mol. The topological polar surface area (TPSA) is 27.0 Å². The van der Waals surface area contributed by atoms with Crippen molar-refractivity contribution in [3.05, 3.63) is 41.0 Å². The highest BCUT2D eigenvalue weighted by Gasteiger charge is 2.15. The lowest BCUT2D eigenvalue weighted by Gasteiger charge is -2.29. The molecule has 0 saturated carbocycles. The minimum absolute atomic E-state index is 0.856. The molecule has 1 aliphatic rings. The standard InChI is InChI=1S/C14H16N2/c1-11-4-3-5-12(2)14(11)16-8-6-13(10-15)7-9-16/h3-6H,7-9H2,1-2H3. The van der Waals surface area contributed by atoms with Crippen molar-refractivity contribution in [2.45, 2.75) is 20.3 Å². The molecular weight excluding hydrogens is 196 g/mol. The van der Waals surface area contributed by atoms with Gasteiger partial charge in [0.05, 0.1) is 6.07 Å². The van der Waals surface area contributed by atoms with Crippen molar-refractivity contribution in [1.29, 1.82) is 5.26 Å². The Hall–Kier alpha value is -1.75. The summed E-state index contributed by atoms with van der Waals surface area (Å²) < 4.78 is 0. The van der Waals surface area contributed by atoms with Gasteiger partial charge in [0.25, 0.3) is 0 Å². The van der Waals surface area contributed by atoms with E-state index in [1.54, 1.807) is 0 Å². The van der Waals surface area contributed by atoms with Crippen LogP contribution in [0.3, 0.4) is 0 Å². The van der Waals surface area contributed by atoms with Crippen LogP contribution in [0.2, 0.25) is 0 Å². The van der Waals surface area contributed by atoms with Crippen LogP contribution in [0.15, 0.2) is 29.8 Å². The summed E-state index contributed by atoms with van der Waals surface area (Å²) in [5.74, 6) is 0. The minimum atomic E-state index is 0.856. The second kappa shape index (κ2) is 4.40. The van der Waals surface area contributed by atoms with E-state index in [0.717, 1.165) is 25.1 Å². The molecule has 82 valence electrons. The molecule has 1 aromatic rings. The first kappa shape index (κ1) is 10.8. The van der Waals surface area contributed by atoms with Crippen molar-refractivity contribution in [3.63, 3.8) is 0 Å². The van der Waals surface area contributed by atoms with E-state index in [9.17, 15) is 0 Å². The van der Waals surface area contributed by atoms with E-state index in [0.29, 0.717) is 0 Å². The molecule has 1 aliphatic heterocycles. The molecule has 2 nitrogen and oxygen atoms in total. The quantitative estimate of drug-likeness (QED) is 0.715. The van der Waals surface area contributed by atoms with Crippen LogP contribution in [-0.4, -0.2) is 13.1 Å². The normalized spacial score (nSPS) is 15.6. The van der Waals surface area contributed by atoms with Gasteiger partial charge in [-0.25, -0.2) is 0 Å². The van der Waals surface area contributed by atoms with Gasteiger partial charge in [0.2, 0.25) is 0 Å². The molecule has 0 spiro atoms. The zero-order chi connectivity index (χ0) is 11.5. The van der Waals surface area contributed by atoms with Crippen LogP contribution in [0.1, 0.15) is 17.5 Å². The predicted molar refractivity (Wildman–Crippen MR) is 66.4 cm³/mol. The molecule has 0 unspecified atom stereocenters. The lowest BCUT2D eigenvalue weighted by Crippen LogP contribution is -2.29. The fourth-order valence-corrected chi connectivity index (χ4v) is 2.28. The van der Waals surface area contributed by atoms with Gasteiger partial charge in [0.1, 0.15) is 0 Å². The number of nitriles is 1. The third-order valence-electron chi connectivity index (χ3n) is 3.11. The Morgan fingerprint density at radius 2 is 1.94 bits per heavy atom. The summed E-state index contributed by atoms with van der Waals surface area (Å²) >= 11 is 0. The van der Waals surface area contributed by atoms with Crippen LogP contribution in [-0.2, 0) is 0 Å². The van der Waals surface area contributed by atoms with Gasteiger partial charge < -0.3 is 4.90 Å². The second-order valence-electron chi connectivity index (χ2n) is 4.28. The van der Waals surface area contributed by atoms with Crippen molar-refractivity contribution >= 4 is 5.69 Å². The van der Waals surface area contributed by atoms with Gasteiger partial charge in [-0.05, 0) is 31.4 Å². The largest absolute Gasteiger partial charge is 0.367 e. The van der Waals surface area contributed by atoms with Gasteiger partial charge >= 0.3 is 0 Å². The molecule has 0 aromatic heterocycles. The first-order chi connectivity index (χ1) is 7.72. The number of hydrogen-bond acceptors (Lipinski definition) is 2. The molecule has 2 rings (SSSR count). The molecule has 0 radical (unpaired) electrons. The summed E-state index contributed by atoms with van der Waals surface area (Å²) in [6, 6.07) is 8.62. The number of aryl methyl sites for hydroxylation is 2. The highest BCUT2D eigenvalue weighted by atomic mass is 15.1. The number of anilines is 1. The zero-order valence-corrected chi connectivity index (χ0v) is 9.83. The third kappa shape index (κ3) is 1.94. The Kier molecular flexibility index (Phi) is 2.96. The second-order valence-corrected chi connectivity index (χ2v) is 4.28. The number of rotatable bonds is 1. The molecule has 0 atom stereocenters. The van der Waals surface area contributed by atoms with Crippen LogP contribution in [0.4, 0.5) is 5.69 Å². The molecule has 1 heterocycles. The molecular formula is C14H16N2. The fourth-order valence-electron chi connectivity index (χ4n) is 2.28. The fraction of sp³-hybridized carbons (Fsp3) is 0.357. The van der Waals surface area contributed by atoms with Crippen LogP contribution in [0.25, 0.3) is 0 Å². The SMILES string of the molecule is Cc1cccc(C)c1N1CC=C(C#N)CC1. The smallest absolute Gasteiger partial charge is 0.0945 e. The number of hydrogen-bond donors (Lipinski definition) is 0. The first-order valence-electron chi connectivity index (χ1n) is 5.62. The highest BCUT2D eigenvalue weighted by Crippen LogP contribution is 2.26. The Balaban J connectivity index is 2.28. The first-order valence-corrected chi connectivity index (χ1v) is 5.62. The van der Waals surface area contributed by atoms with Crippen LogP contribution in [0, 0.1) is 25.2 Å². The van der Waals surface area contributed by atoms with Crippen molar-refractivity contribution in [3.8, 4) is 6.07 Å². The van der Waals surface area contributed by atoms with Crippen LogP contribution >= 0.6 is 0 Å². The minimum Gasteiger partial charge on any atom is -0.367 e. The summed E-state index contributed by atoms with van der Waals surface area (Å²) in [5, 5.41) is 8.82. The Labute approximate surface area is 96.8 Å². The number of para-hydroxylation sites is 1. The van der Waals surface area contributed by atoms with Gasteiger partial charge in [0, 0.05) is 24.4 Å². The lowest BCUT2D eigenvalue weighted by atomic mass is 10.0. The summed E-state index contributed by atoms with van der Waals surface area (Å²) in [5.41, 5.74) is 4.88. The molecule has 0 amide bonds. The molecule has 0 saturated heterocycles. The summed E-state index contributed by atoms with van der Waals surface area (Å²) in [4.78, 5) is 2.35. The Morgan fingerprint density at radius 1 is 1.25 bits per heavy atom. The maximum absolute atomic E-state index is 8.82. The molecule has 1 aromatic carbocycles. The van der Waals surface area contributed by atoms with Crippen molar-refractivity contribution in [2.75, 3.05) is 18.0 Å². The molecule has 0 N–H and O–H groups in total. The van der Waals surface area contributed by atoms with Crippen LogP contribution in [0.5, 0.6) is 0 Å². The summed E-state index contributed by atoms with van der Waals surface area (Å²) in [6.45, 7) is 6.09. The predicted octanol–water partition coefficient (Wildman–Crippen LogP) is 2.96. The van der Waals surface area contributed by atoms with E-state index in [1.807, 2.05) is 6.08 Å². The van der Waals surface area contributed by atoms with Gasteiger partial charge in [-0.2, -0.15) is 5.26 Å². The monoisotopic (exact) mass is 212 g/mol. The maximum Gasteiger partial charge on any atom is 0.0945 e. The highest BCUT2D eigenvalue weighted by molar-refractivity contribution is 5.60. The van der Waals surface area contributed by atoms with E-state index in [1.165, 1.54) is 16.8 Å². The maximum atomic E-state index is 8.82.